The van der Waals surface area contributed by atoms with Crippen molar-refractivity contribution in [3.8, 4) is 11.5 Å². The molecule has 0 aliphatic rings. The van der Waals surface area contributed by atoms with Crippen molar-refractivity contribution in [3.05, 3.63) is 89.7 Å². The van der Waals surface area contributed by atoms with Gasteiger partial charge in [0.05, 0.1) is 31.3 Å². The zero-order valence-corrected chi connectivity index (χ0v) is 16.5. The number of ether oxygens (including phenoxy) is 2. The number of nitrogens with zero attached hydrogens (tertiary/aromatic N) is 1. The molecule has 4 rings (SSSR count). The van der Waals surface area contributed by atoms with Crippen LogP contribution >= 0.6 is 0 Å². The Labute approximate surface area is 170 Å². The van der Waals surface area contributed by atoms with Gasteiger partial charge in [-0.1, -0.05) is 48.5 Å². The first-order valence-corrected chi connectivity index (χ1v) is 9.80. The third-order valence-corrected chi connectivity index (χ3v) is 4.78. The molecule has 148 valence electrons. The van der Waals surface area contributed by atoms with Crippen molar-refractivity contribution in [2.45, 2.75) is 19.5 Å². The summed E-state index contributed by atoms with van der Waals surface area (Å²) >= 11 is 0. The van der Waals surface area contributed by atoms with Crippen LogP contribution in [-0.2, 0) is 19.5 Å². The minimum atomic E-state index is 0.615. The monoisotopic (exact) mass is 387 g/mol. The minimum Gasteiger partial charge on any atom is -0.493 e. The number of nitrogens with one attached hydrogen (secondary N) is 2. The predicted molar refractivity (Wildman–Crippen MR) is 115 cm³/mol. The van der Waals surface area contributed by atoms with Gasteiger partial charge in [-0.05, 0) is 35.4 Å². The van der Waals surface area contributed by atoms with E-state index in [9.17, 15) is 0 Å². The second-order valence-electron chi connectivity index (χ2n) is 6.87. The van der Waals surface area contributed by atoms with Gasteiger partial charge in [-0.3, -0.25) is 0 Å². The zero-order valence-electron chi connectivity index (χ0n) is 16.5. The number of aromatic amines is 1. The van der Waals surface area contributed by atoms with E-state index in [0.717, 1.165) is 46.9 Å². The van der Waals surface area contributed by atoms with Crippen LogP contribution in [0.15, 0.2) is 72.8 Å². The van der Waals surface area contributed by atoms with Gasteiger partial charge in [-0.2, -0.15) is 0 Å². The van der Waals surface area contributed by atoms with Gasteiger partial charge in [-0.15, -0.1) is 0 Å². The number of rotatable bonds is 9. The highest BCUT2D eigenvalue weighted by Crippen LogP contribution is 2.28. The summed E-state index contributed by atoms with van der Waals surface area (Å²) in [6.45, 7) is 2.01. The van der Waals surface area contributed by atoms with E-state index in [0.29, 0.717) is 13.2 Å². The largest absolute Gasteiger partial charge is 0.493 e. The number of imidazole rings is 1. The van der Waals surface area contributed by atoms with Gasteiger partial charge in [0, 0.05) is 13.0 Å². The summed E-state index contributed by atoms with van der Waals surface area (Å²) in [5.74, 6) is 2.45. The van der Waals surface area contributed by atoms with E-state index in [1.54, 1.807) is 7.11 Å². The molecule has 0 saturated heterocycles. The van der Waals surface area contributed by atoms with Crippen molar-refractivity contribution >= 4 is 11.0 Å². The molecule has 0 aliphatic heterocycles. The van der Waals surface area contributed by atoms with E-state index < -0.39 is 0 Å². The van der Waals surface area contributed by atoms with Gasteiger partial charge in [0.2, 0.25) is 0 Å². The maximum absolute atomic E-state index is 5.93. The second kappa shape index (κ2) is 9.26. The van der Waals surface area contributed by atoms with Crippen molar-refractivity contribution in [2.75, 3.05) is 13.7 Å². The number of fused-ring (bicyclic) bond motifs is 1. The highest BCUT2D eigenvalue weighted by atomic mass is 16.5. The lowest BCUT2D eigenvalue weighted by Crippen LogP contribution is -2.13. The quantitative estimate of drug-likeness (QED) is 0.444. The molecule has 0 unspecified atom stereocenters. The number of para-hydroxylation sites is 2. The maximum Gasteiger partial charge on any atom is 0.161 e. The number of H-pyrrole nitrogens is 1. The fourth-order valence-electron chi connectivity index (χ4n) is 3.28. The SMILES string of the molecule is COc1cc(CNCc2nc3ccccc3[nH]2)ccc1OCCc1ccccc1. The van der Waals surface area contributed by atoms with Gasteiger partial charge in [-0.25, -0.2) is 4.98 Å². The average Bonchev–Trinajstić information content (AvgIpc) is 3.18. The molecular weight excluding hydrogens is 362 g/mol. The summed E-state index contributed by atoms with van der Waals surface area (Å²) in [5, 5.41) is 3.42. The number of methoxy groups -OCH3 is 1. The third kappa shape index (κ3) is 4.95. The molecular formula is C24H25N3O2. The van der Waals surface area contributed by atoms with E-state index in [1.807, 2.05) is 54.6 Å². The van der Waals surface area contributed by atoms with Crippen molar-refractivity contribution in [2.24, 2.45) is 0 Å². The van der Waals surface area contributed by atoms with E-state index in [4.69, 9.17) is 9.47 Å². The molecule has 0 fully saturated rings. The molecule has 0 aliphatic carbocycles. The van der Waals surface area contributed by atoms with Crippen LogP contribution in [0.2, 0.25) is 0 Å². The Morgan fingerprint density at radius 1 is 0.862 bits per heavy atom. The number of benzene rings is 3. The van der Waals surface area contributed by atoms with Crippen LogP contribution in [0.4, 0.5) is 0 Å². The Hall–Kier alpha value is -3.31. The maximum atomic E-state index is 5.93. The van der Waals surface area contributed by atoms with Crippen molar-refractivity contribution in [1.82, 2.24) is 15.3 Å². The van der Waals surface area contributed by atoms with E-state index in [1.165, 1.54) is 5.56 Å². The Kier molecular flexibility index (Phi) is 6.07. The van der Waals surface area contributed by atoms with E-state index in [2.05, 4.69) is 33.5 Å². The normalized spacial score (nSPS) is 10.9. The smallest absolute Gasteiger partial charge is 0.161 e. The standard InChI is InChI=1S/C24H25N3O2/c1-28-23-15-19(11-12-22(23)29-14-13-18-7-3-2-4-8-18)16-25-17-24-26-20-9-5-6-10-21(20)27-24/h2-12,15,25H,13-14,16-17H2,1H3,(H,26,27). The molecule has 1 heterocycles. The molecule has 1 aromatic heterocycles. The molecule has 5 heteroatoms. The predicted octanol–water partition coefficient (Wildman–Crippen LogP) is 4.48. The van der Waals surface area contributed by atoms with Gasteiger partial charge in [0.15, 0.2) is 11.5 Å². The lowest BCUT2D eigenvalue weighted by molar-refractivity contribution is 0.297. The Morgan fingerprint density at radius 2 is 1.69 bits per heavy atom. The molecule has 2 N–H and O–H groups in total. The highest BCUT2D eigenvalue weighted by Gasteiger charge is 2.07. The summed E-state index contributed by atoms with van der Waals surface area (Å²) in [4.78, 5) is 7.92. The molecule has 4 aromatic rings. The average molecular weight is 387 g/mol. The van der Waals surface area contributed by atoms with Crippen LogP contribution in [0, 0.1) is 0 Å². The molecule has 0 saturated carbocycles. The highest BCUT2D eigenvalue weighted by molar-refractivity contribution is 5.74. The van der Waals surface area contributed by atoms with Crippen LogP contribution in [0.1, 0.15) is 17.0 Å². The molecule has 29 heavy (non-hydrogen) atoms. The van der Waals surface area contributed by atoms with E-state index in [-0.39, 0.29) is 0 Å². The number of hydrogen-bond donors (Lipinski definition) is 2. The Balaban J connectivity index is 1.31. The summed E-state index contributed by atoms with van der Waals surface area (Å²) in [5.41, 5.74) is 4.44. The molecule has 0 atom stereocenters. The van der Waals surface area contributed by atoms with Crippen LogP contribution < -0.4 is 14.8 Å². The van der Waals surface area contributed by atoms with Crippen LogP contribution in [0.25, 0.3) is 11.0 Å². The fourth-order valence-corrected chi connectivity index (χ4v) is 3.28. The van der Waals surface area contributed by atoms with Gasteiger partial charge < -0.3 is 19.8 Å². The van der Waals surface area contributed by atoms with E-state index >= 15 is 0 Å². The fraction of sp³-hybridized carbons (Fsp3) is 0.208. The second-order valence-corrected chi connectivity index (χ2v) is 6.87. The first-order chi connectivity index (χ1) is 14.3. The lowest BCUT2D eigenvalue weighted by Gasteiger charge is -2.12. The Morgan fingerprint density at radius 3 is 2.52 bits per heavy atom. The minimum absolute atomic E-state index is 0.615. The Bertz CT molecular complexity index is 1030. The molecule has 0 spiro atoms. The summed E-state index contributed by atoms with van der Waals surface area (Å²) in [6, 6.07) is 24.4. The number of hydrogen-bond acceptors (Lipinski definition) is 4. The number of aromatic nitrogens is 2. The molecule has 0 bridgehead atoms. The van der Waals surface area contributed by atoms with Gasteiger partial charge in [0.25, 0.3) is 0 Å². The summed E-state index contributed by atoms with van der Waals surface area (Å²) in [7, 11) is 1.67. The molecule has 5 nitrogen and oxygen atoms in total. The summed E-state index contributed by atoms with van der Waals surface area (Å²) < 4.78 is 11.5. The first kappa shape index (κ1) is 19.0. The third-order valence-electron chi connectivity index (χ3n) is 4.78. The topological polar surface area (TPSA) is 59.2 Å². The van der Waals surface area contributed by atoms with Crippen LogP contribution in [-0.4, -0.2) is 23.7 Å². The van der Waals surface area contributed by atoms with Crippen molar-refractivity contribution in [3.63, 3.8) is 0 Å². The van der Waals surface area contributed by atoms with Crippen molar-refractivity contribution < 1.29 is 9.47 Å². The lowest BCUT2D eigenvalue weighted by atomic mass is 10.1. The van der Waals surface area contributed by atoms with Crippen LogP contribution in [0.5, 0.6) is 11.5 Å². The molecule has 0 radical (unpaired) electrons. The molecule has 3 aromatic carbocycles. The molecule has 0 amide bonds. The first-order valence-electron chi connectivity index (χ1n) is 9.80. The van der Waals surface area contributed by atoms with Gasteiger partial charge in [0.1, 0.15) is 5.82 Å². The zero-order chi connectivity index (χ0) is 19.9. The summed E-state index contributed by atoms with van der Waals surface area (Å²) in [6.07, 6.45) is 0.866. The van der Waals surface area contributed by atoms with Gasteiger partial charge >= 0.3 is 0 Å². The van der Waals surface area contributed by atoms with Crippen molar-refractivity contribution in [1.29, 1.82) is 0 Å². The van der Waals surface area contributed by atoms with Crippen LogP contribution in [0.3, 0.4) is 0 Å².